The summed E-state index contributed by atoms with van der Waals surface area (Å²) in [5.41, 5.74) is 0. The summed E-state index contributed by atoms with van der Waals surface area (Å²) in [6.45, 7) is 1.89. The van der Waals surface area contributed by atoms with Crippen LogP contribution in [0.15, 0.2) is 35.7 Å². The van der Waals surface area contributed by atoms with Crippen molar-refractivity contribution in [3.63, 3.8) is 0 Å². The van der Waals surface area contributed by atoms with E-state index in [1.54, 1.807) is 29.5 Å². The smallest absolute Gasteiger partial charge is 0.258 e. The molecule has 3 nitrogen and oxygen atoms in total. The Balaban J connectivity index is 1.79. The van der Waals surface area contributed by atoms with Crippen molar-refractivity contribution in [1.29, 1.82) is 0 Å². The van der Waals surface area contributed by atoms with Gasteiger partial charge in [-0.05, 0) is 36.6 Å². The molecule has 1 aromatic heterocycles. The first kappa shape index (κ1) is 16.1. The maximum atomic E-state index is 11.8. The second kappa shape index (κ2) is 7.69. The molecule has 2 aromatic rings. The van der Waals surface area contributed by atoms with Crippen LogP contribution in [0, 0.1) is 0 Å². The molecule has 112 valence electrons. The molecule has 0 aliphatic carbocycles. The molecule has 1 heterocycles. The van der Waals surface area contributed by atoms with Crippen molar-refractivity contribution in [2.24, 2.45) is 0 Å². The van der Waals surface area contributed by atoms with Crippen LogP contribution in [0.4, 0.5) is 0 Å². The Morgan fingerprint density at radius 2 is 2.19 bits per heavy atom. The Morgan fingerprint density at radius 3 is 2.86 bits per heavy atom. The lowest BCUT2D eigenvalue weighted by Crippen LogP contribution is -2.37. The van der Waals surface area contributed by atoms with Gasteiger partial charge in [0.1, 0.15) is 5.75 Å². The predicted octanol–water partition coefficient (Wildman–Crippen LogP) is 4.18. The molecular weight excluding hydrogens is 329 g/mol. The SMILES string of the molecule is CC(Cc1cccs1)NC(=O)COc1ccc(Cl)cc1Cl. The number of benzene rings is 1. The molecule has 1 amide bonds. The third kappa shape index (κ3) is 5.23. The number of carbonyl (C=O) groups excluding carboxylic acids is 1. The zero-order valence-electron chi connectivity index (χ0n) is 11.4. The summed E-state index contributed by atoms with van der Waals surface area (Å²) in [7, 11) is 0. The van der Waals surface area contributed by atoms with Gasteiger partial charge < -0.3 is 10.1 Å². The van der Waals surface area contributed by atoms with E-state index in [4.69, 9.17) is 27.9 Å². The lowest BCUT2D eigenvalue weighted by Gasteiger charge is -2.14. The van der Waals surface area contributed by atoms with Crippen molar-refractivity contribution in [2.45, 2.75) is 19.4 Å². The van der Waals surface area contributed by atoms with Crippen molar-refractivity contribution in [3.8, 4) is 5.75 Å². The summed E-state index contributed by atoms with van der Waals surface area (Å²) < 4.78 is 5.39. The fourth-order valence-electron chi connectivity index (χ4n) is 1.83. The molecule has 0 fully saturated rings. The number of rotatable bonds is 6. The zero-order chi connectivity index (χ0) is 15.2. The van der Waals surface area contributed by atoms with Crippen LogP contribution in [0.5, 0.6) is 5.75 Å². The van der Waals surface area contributed by atoms with Gasteiger partial charge in [0.05, 0.1) is 5.02 Å². The third-order valence-corrected chi connectivity index (χ3v) is 4.18. The molecule has 1 unspecified atom stereocenters. The molecule has 0 saturated heterocycles. The number of ether oxygens (including phenoxy) is 1. The van der Waals surface area contributed by atoms with E-state index in [2.05, 4.69) is 11.4 Å². The molecule has 0 aliphatic rings. The quantitative estimate of drug-likeness (QED) is 0.854. The summed E-state index contributed by atoms with van der Waals surface area (Å²) in [4.78, 5) is 13.1. The highest BCUT2D eigenvalue weighted by molar-refractivity contribution is 7.09. The summed E-state index contributed by atoms with van der Waals surface area (Å²) in [5.74, 6) is 0.271. The number of thiophene rings is 1. The van der Waals surface area contributed by atoms with Crippen LogP contribution in [0.2, 0.25) is 10.0 Å². The first-order valence-corrected chi connectivity index (χ1v) is 8.08. The monoisotopic (exact) mass is 343 g/mol. The molecule has 0 bridgehead atoms. The number of carbonyl (C=O) groups is 1. The van der Waals surface area contributed by atoms with Crippen molar-refractivity contribution in [2.75, 3.05) is 6.61 Å². The van der Waals surface area contributed by atoms with Gasteiger partial charge in [-0.3, -0.25) is 4.79 Å². The molecule has 0 spiro atoms. The van der Waals surface area contributed by atoms with Crippen molar-refractivity contribution < 1.29 is 9.53 Å². The molecule has 1 N–H and O–H groups in total. The zero-order valence-corrected chi connectivity index (χ0v) is 13.8. The minimum absolute atomic E-state index is 0.0560. The average molecular weight is 344 g/mol. The minimum Gasteiger partial charge on any atom is -0.482 e. The van der Waals surface area contributed by atoms with Gasteiger partial charge in [-0.1, -0.05) is 29.3 Å². The lowest BCUT2D eigenvalue weighted by molar-refractivity contribution is -0.123. The summed E-state index contributed by atoms with van der Waals surface area (Å²) in [6, 6.07) is 9.00. The van der Waals surface area contributed by atoms with E-state index in [0.717, 1.165) is 6.42 Å². The van der Waals surface area contributed by atoms with Crippen LogP contribution >= 0.6 is 34.5 Å². The molecule has 1 aromatic carbocycles. The molecule has 1 atom stereocenters. The topological polar surface area (TPSA) is 38.3 Å². The summed E-state index contributed by atoms with van der Waals surface area (Å²) in [5, 5.41) is 5.84. The van der Waals surface area contributed by atoms with E-state index in [1.165, 1.54) is 4.88 Å². The summed E-state index contributed by atoms with van der Waals surface area (Å²) >= 11 is 13.5. The fraction of sp³-hybridized carbons (Fsp3) is 0.267. The van der Waals surface area contributed by atoms with Gasteiger partial charge in [0.15, 0.2) is 6.61 Å². The van der Waals surface area contributed by atoms with E-state index < -0.39 is 0 Å². The number of hydrogen-bond acceptors (Lipinski definition) is 3. The first-order valence-electron chi connectivity index (χ1n) is 6.44. The fourth-order valence-corrected chi connectivity index (χ4v) is 3.13. The van der Waals surface area contributed by atoms with Crippen LogP contribution < -0.4 is 10.1 Å². The molecule has 21 heavy (non-hydrogen) atoms. The van der Waals surface area contributed by atoms with Gasteiger partial charge in [-0.25, -0.2) is 0 Å². The van der Waals surface area contributed by atoms with Gasteiger partial charge in [-0.15, -0.1) is 11.3 Å². The predicted molar refractivity (Wildman–Crippen MR) is 87.6 cm³/mol. The van der Waals surface area contributed by atoms with E-state index in [-0.39, 0.29) is 18.6 Å². The van der Waals surface area contributed by atoms with Crippen LogP contribution in [0.25, 0.3) is 0 Å². The Morgan fingerprint density at radius 1 is 1.38 bits per heavy atom. The van der Waals surface area contributed by atoms with Gasteiger partial charge >= 0.3 is 0 Å². The second-order valence-electron chi connectivity index (χ2n) is 4.62. The molecule has 6 heteroatoms. The normalized spacial score (nSPS) is 12.0. The second-order valence-corrected chi connectivity index (χ2v) is 6.49. The lowest BCUT2D eigenvalue weighted by atomic mass is 10.2. The van der Waals surface area contributed by atoms with Gasteiger partial charge in [0.2, 0.25) is 0 Å². The van der Waals surface area contributed by atoms with Crippen LogP contribution in [-0.2, 0) is 11.2 Å². The summed E-state index contributed by atoms with van der Waals surface area (Å²) in [6.07, 6.45) is 0.811. The standard InChI is InChI=1S/C15H15Cl2NO2S/c1-10(7-12-3-2-6-21-12)18-15(19)9-20-14-5-4-11(16)8-13(14)17/h2-6,8,10H,7,9H2,1H3,(H,18,19). The Labute approximate surface area is 137 Å². The number of nitrogens with one attached hydrogen (secondary N) is 1. The maximum absolute atomic E-state index is 11.8. The van der Waals surface area contributed by atoms with E-state index in [9.17, 15) is 4.79 Å². The Bertz CT molecular complexity index is 602. The Hall–Kier alpha value is -1.23. The van der Waals surface area contributed by atoms with Gasteiger partial charge in [0, 0.05) is 22.4 Å². The number of hydrogen-bond donors (Lipinski definition) is 1. The van der Waals surface area contributed by atoms with Crippen LogP contribution in [-0.4, -0.2) is 18.6 Å². The average Bonchev–Trinajstić information content (AvgIpc) is 2.90. The number of halogens is 2. The molecule has 0 aliphatic heterocycles. The highest BCUT2D eigenvalue weighted by atomic mass is 35.5. The van der Waals surface area contributed by atoms with Crippen LogP contribution in [0.3, 0.4) is 0 Å². The highest BCUT2D eigenvalue weighted by Crippen LogP contribution is 2.27. The van der Waals surface area contributed by atoms with Crippen molar-refractivity contribution in [1.82, 2.24) is 5.32 Å². The molecular formula is C15H15Cl2NO2S. The first-order chi connectivity index (χ1) is 10.0. The molecule has 0 saturated carbocycles. The van der Waals surface area contributed by atoms with Gasteiger partial charge in [0.25, 0.3) is 5.91 Å². The maximum Gasteiger partial charge on any atom is 0.258 e. The molecule has 2 rings (SSSR count). The van der Waals surface area contributed by atoms with Crippen molar-refractivity contribution in [3.05, 3.63) is 50.6 Å². The van der Waals surface area contributed by atoms with Crippen molar-refractivity contribution >= 4 is 40.4 Å². The largest absolute Gasteiger partial charge is 0.482 e. The van der Waals surface area contributed by atoms with E-state index in [0.29, 0.717) is 15.8 Å². The molecule has 0 radical (unpaired) electrons. The third-order valence-electron chi connectivity index (χ3n) is 2.75. The minimum atomic E-state index is -0.176. The number of amides is 1. The Kier molecular flexibility index (Phi) is 5.91. The van der Waals surface area contributed by atoms with E-state index in [1.807, 2.05) is 18.4 Å². The highest BCUT2D eigenvalue weighted by Gasteiger charge is 2.10. The van der Waals surface area contributed by atoms with Gasteiger partial charge in [-0.2, -0.15) is 0 Å². The van der Waals surface area contributed by atoms with Crippen LogP contribution in [0.1, 0.15) is 11.8 Å². The van der Waals surface area contributed by atoms with E-state index >= 15 is 0 Å².